The van der Waals surface area contributed by atoms with E-state index < -0.39 is 0 Å². The molecule has 2 nitrogen and oxygen atoms in total. The lowest BCUT2D eigenvalue weighted by molar-refractivity contribution is 0.629. The van der Waals surface area contributed by atoms with Gasteiger partial charge in [0.1, 0.15) is 0 Å². The molecule has 1 saturated heterocycles. The highest BCUT2D eigenvalue weighted by Gasteiger charge is 2.50. The predicted molar refractivity (Wildman–Crippen MR) is 136 cm³/mol. The summed E-state index contributed by atoms with van der Waals surface area (Å²) in [5, 5.41) is 0. The summed E-state index contributed by atoms with van der Waals surface area (Å²) in [6.07, 6.45) is 1.29. The summed E-state index contributed by atoms with van der Waals surface area (Å²) < 4.78 is 0. The molecule has 1 unspecified atom stereocenters. The van der Waals surface area contributed by atoms with Crippen molar-refractivity contribution >= 4 is 11.4 Å². The van der Waals surface area contributed by atoms with Crippen molar-refractivity contribution in [2.45, 2.75) is 97.6 Å². The van der Waals surface area contributed by atoms with Gasteiger partial charge in [-0.2, -0.15) is 0 Å². The minimum Gasteiger partial charge on any atom is -0.364 e. The Bertz CT molecular complexity index is 796. The maximum atomic E-state index is 2.78. The minimum atomic E-state index is 0.554. The summed E-state index contributed by atoms with van der Waals surface area (Å²) in [5.74, 6) is 2.22. The van der Waals surface area contributed by atoms with E-state index in [-0.39, 0.29) is 0 Å². The molecule has 2 heteroatoms. The predicted octanol–water partition coefficient (Wildman–Crippen LogP) is 7.65. The number of anilines is 2. The van der Waals surface area contributed by atoms with Gasteiger partial charge in [0.05, 0.1) is 12.1 Å². The minimum absolute atomic E-state index is 0.554. The van der Waals surface area contributed by atoms with Crippen molar-refractivity contribution in [3.8, 4) is 0 Å². The van der Waals surface area contributed by atoms with E-state index in [1.807, 2.05) is 0 Å². The fourth-order valence-corrected chi connectivity index (χ4v) is 5.63. The van der Waals surface area contributed by atoms with Crippen LogP contribution >= 0.6 is 0 Å². The van der Waals surface area contributed by atoms with Gasteiger partial charge in [0.2, 0.25) is 0 Å². The number of para-hydroxylation sites is 2. The number of hydrogen-bond donors (Lipinski definition) is 0. The molecule has 1 saturated carbocycles. The molecule has 2 aliphatic rings. The third-order valence-corrected chi connectivity index (χ3v) is 7.37. The summed E-state index contributed by atoms with van der Waals surface area (Å²) in [7, 11) is 0. The maximum Gasteiger partial charge on any atom is 0.0515 e. The Morgan fingerprint density at radius 3 is 1.10 bits per heavy atom. The van der Waals surface area contributed by atoms with Gasteiger partial charge in [0.15, 0.2) is 0 Å². The van der Waals surface area contributed by atoms with Crippen molar-refractivity contribution < 1.29 is 0 Å². The second-order valence-electron chi connectivity index (χ2n) is 10.9. The summed E-state index contributed by atoms with van der Waals surface area (Å²) in [6, 6.07) is 15.3. The average Bonchev–Trinajstić information content (AvgIpc) is 3.52. The fraction of sp³-hybridized carbons (Fsp3) is 0.586. The van der Waals surface area contributed by atoms with Crippen LogP contribution in [0.2, 0.25) is 0 Å². The lowest BCUT2D eigenvalue weighted by atomic mass is 9.90. The van der Waals surface area contributed by atoms with Crippen LogP contribution in [-0.2, 0) is 0 Å². The van der Waals surface area contributed by atoms with Gasteiger partial charge < -0.3 is 9.80 Å². The van der Waals surface area contributed by atoms with Crippen molar-refractivity contribution in [1.29, 1.82) is 0 Å². The number of benzene rings is 2. The highest BCUT2D eigenvalue weighted by atomic mass is 15.4. The molecule has 31 heavy (non-hydrogen) atoms. The van der Waals surface area contributed by atoms with Crippen molar-refractivity contribution in [2.24, 2.45) is 0 Å². The van der Waals surface area contributed by atoms with E-state index in [4.69, 9.17) is 0 Å². The summed E-state index contributed by atoms with van der Waals surface area (Å²) in [4.78, 5) is 5.55. The SMILES string of the molecule is CC(C)c1cccc(C(C)C)c1N1CCN(c2c(C(C)C)cccc2C(C)C)[C@@H]2CC21. The first-order valence-corrected chi connectivity index (χ1v) is 12.5. The van der Waals surface area contributed by atoms with Gasteiger partial charge in [0, 0.05) is 24.5 Å². The molecular weight excluding hydrogens is 376 g/mol. The van der Waals surface area contributed by atoms with Gasteiger partial charge >= 0.3 is 0 Å². The zero-order chi connectivity index (χ0) is 22.4. The molecule has 0 radical (unpaired) electrons. The van der Waals surface area contributed by atoms with Crippen LogP contribution in [0, 0.1) is 0 Å². The molecule has 0 amide bonds. The van der Waals surface area contributed by atoms with Crippen molar-refractivity contribution in [3.63, 3.8) is 0 Å². The fourth-order valence-electron chi connectivity index (χ4n) is 5.63. The van der Waals surface area contributed by atoms with E-state index in [2.05, 4.69) is 102 Å². The molecule has 1 heterocycles. The zero-order valence-corrected chi connectivity index (χ0v) is 20.9. The number of nitrogens with zero attached hydrogens (tertiary/aromatic N) is 2. The molecule has 0 spiro atoms. The molecule has 1 aliphatic carbocycles. The van der Waals surface area contributed by atoms with E-state index in [0.717, 1.165) is 13.1 Å². The van der Waals surface area contributed by atoms with Gasteiger partial charge in [-0.3, -0.25) is 0 Å². The van der Waals surface area contributed by atoms with Crippen LogP contribution < -0.4 is 9.80 Å². The highest BCUT2D eigenvalue weighted by Crippen LogP contribution is 2.48. The number of piperazine rings is 1. The third kappa shape index (κ3) is 3.99. The van der Waals surface area contributed by atoms with Crippen molar-refractivity contribution in [2.75, 3.05) is 22.9 Å². The second-order valence-corrected chi connectivity index (χ2v) is 10.9. The van der Waals surface area contributed by atoms with Gasteiger partial charge in [0.25, 0.3) is 0 Å². The molecule has 2 aromatic carbocycles. The summed E-state index contributed by atoms with van der Waals surface area (Å²) in [5.41, 5.74) is 9.18. The van der Waals surface area contributed by atoms with Crippen molar-refractivity contribution in [3.05, 3.63) is 58.7 Å². The molecule has 0 N–H and O–H groups in total. The number of hydrogen-bond acceptors (Lipinski definition) is 2. The van der Waals surface area contributed by atoms with E-state index in [1.54, 1.807) is 11.4 Å². The lowest BCUT2D eigenvalue weighted by Gasteiger charge is -2.41. The Labute approximate surface area is 190 Å². The Morgan fingerprint density at radius 1 is 0.548 bits per heavy atom. The Kier molecular flexibility index (Phi) is 6.12. The maximum absolute atomic E-state index is 2.78. The molecule has 0 bridgehead atoms. The van der Waals surface area contributed by atoms with Gasteiger partial charge in [-0.15, -0.1) is 0 Å². The highest BCUT2D eigenvalue weighted by molar-refractivity contribution is 5.69. The molecule has 1 aliphatic heterocycles. The monoisotopic (exact) mass is 418 g/mol. The standard InChI is InChI=1S/C29H42N2/c1-18(2)22-11-9-12-23(19(3)4)28(22)30-15-16-31(27-17-26(27)30)29-24(20(5)6)13-10-14-25(29)21(7)8/h9-14,18-21,26-27H,15-17H2,1-8H3/t26-,27?/m1/s1. The van der Waals surface area contributed by atoms with E-state index in [9.17, 15) is 0 Å². The van der Waals surface area contributed by atoms with Crippen LogP contribution in [0.4, 0.5) is 11.4 Å². The Morgan fingerprint density at radius 2 is 0.839 bits per heavy atom. The number of fused-ring (bicyclic) bond motifs is 1. The van der Waals surface area contributed by atoms with Crippen LogP contribution in [0.3, 0.4) is 0 Å². The topological polar surface area (TPSA) is 6.48 Å². The van der Waals surface area contributed by atoms with Gasteiger partial charge in [-0.25, -0.2) is 0 Å². The van der Waals surface area contributed by atoms with Gasteiger partial charge in [-0.1, -0.05) is 91.8 Å². The molecule has 0 aromatic heterocycles. The second kappa shape index (κ2) is 8.52. The van der Waals surface area contributed by atoms with Crippen LogP contribution in [0.25, 0.3) is 0 Å². The van der Waals surface area contributed by atoms with E-state index >= 15 is 0 Å². The Hall–Kier alpha value is -1.96. The molecular formula is C29H42N2. The van der Waals surface area contributed by atoms with Crippen LogP contribution in [0.15, 0.2) is 36.4 Å². The van der Waals surface area contributed by atoms with Crippen LogP contribution in [0.5, 0.6) is 0 Å². The largest absolute Gasteiger partial charge is 0.364 e. The first-order chi connectivity index (χ1) is 14.7. The molecule has 4 rings (SSSR count). The van der Waals surface area contributed by atoms with Gasteiger partial charge in [-0.05, 0) is 52.3 Å². The summed E-state index contributed by atoms with van der Waals surface area (Å²) in [6.45, 7) is 21.0. The van der Waals surface area contributed by atoms with Crippen LogP contribution in [0.1, 0.15) is 108 Å². The zero-order valence-electron chi connectivity index (χ0n) is 20.9. The van der Waals surface area contributed by atoms with E-state index in [1.165, 1.54) is 28.7 Å². The van der Waals surface area contributed by atoms with Crippen molar-refractivity contribution in [1.82, 2.24) is 0 Å². The smallest absolute Gasteiger partial charge is 0.0515 e. The quantitative estimate of drug-likeness (QED) is 0.475. The molecule has 168 valence electrons. The van der Waals surface area contributed by atoms with Crippen LogP contribution in [-0.4, -0.2) is 25.2 Å². The van der Waals surface area contributed by atoms with E-state index in [0.29, 0.717) is 35.8 Å². The molecule has 2 atom stereocenters. The summed E-state index contributed by atoms with van der Waals surface area (Å²) >= 11 is 0. The lowest BCUT2D eigenvalue weighted by Crippen LogP contribution is -2.48. The number of rotatable bonds is 6. The normalized spacial score (nSPS) is 20.9. The third-order valence-electron chi connectivity index (χ3n) is 7.37. The average molecular weight is 419 g/mol. The molecule has 2 aromatic rings. The molecule has 2 fully saturated rings. The Balaban J connectivity index is 1.71. The first kappa shape index (κ1) is 22.2. The first-order valence-electron chi connectivity index (χ1n) is 12.5.